The van der Waals surface area contributed by atoms with E-state index in [0.717, 1.165) is 6.42 Å². The zero-order valence-corrected chi connectivity index (χ0v) is 9.26. The van der Waals surface area contributed by atoms with E-state index in [9.17, 15) is 0 Å². The van der Waals surface area contributed by atoms with Gasteiger partial charge in [-0.3, -0.25) is 0 Å². The zero-order chi connectivity index (χ0) is 10.2. The maximum Gasteiger partial charge on any atom is 0.102 e. The Balaban J connectivity index is 2.14. The Hall–Kier alpha value is -0.500. The van der Waals surface area contributed by atoms with E-state index in [1.807, 2.05) is 30.3 Å². The largest absolute Gasteiger partial charge is 0.376 e. The topological polar surface area (TPSA) is 9.23 Å². The third kappa shape index (κ3) is 5.28. The van der Waals surface area contributed by atoms with Gasteiger partial charge in [-0.1, -0.05) is 59.6 Å². The van der Waals surface area contributed by atoms with Crippen LogP contribution in [0.3, 0.4) is 0 Å². The lowest BCUT2D eigenvalue weighted by Crippen LogP contribution is -1.93. The van der Waals surface area contributed by atoms with E-state index in [-0.39, 0.29) is 0 Å². The van der Waals surface area contributed by atoms with Crippen LogP contribution < -0.4 is 0 Å². The minimum atomic E-state index is 0.299. The van der Waals surface area contributed by atoms with Crippen molar-refractivity contribution in [2.24, 2.45) is 0 Å². The van der Waals surface area contributed by atoms with Gasteiger partial charge >= 0.3 is 0 Å². The Morgan fingerprint density at radius 2 is 1.93 bits per heavy atom. The molecule has 14 heavy (non-hydrogen) atoms. The monoisotopic (exact) mass is 230 g/mol. The molecule has 0 aliphatic heterocycles. The minimum absolute atomic E-state index is 0.299. The molecule has 0 spiro atoms. The number of ether oxygens (including phenoxy) is 1. The number of hydrogen-bond acceptors (Lipinski definition) is 1. The average molecular weight is 231 g/mol. The summed E-state index contributed by atoms with van der Waals surface area (Å²) in [6.07, 6.45) is 2.48. The van der Waals surface area contributed by atoms with E-state index in [1.54, 1.807) is 6.08 Å². The third-order valence-corrected chi connectivity index (χ3v) is 1.98. The van der Waals surface area contributed by atoms with Crippen LogP contribution in [0.1, 0.15) is 12.0 Å². The second-order valence-corrected chi connectivity index (χ2v) is 3.83. The summed E-state index contributed by atoms with van der Waals surface area (Å²) in [7, 11) is 0. The number of halogens is 2. The van der Waals surface area contributed by atoms with Gasteiger partial charge in [0.05, 0.1) is 13.2 Å². The maximum absolute atomic E-state index is 5.44. The van der Waals surface area contributed by atoms with E-state index < -0.39 is 0 Å². The third-order valence-electron chi connectivity index (χ3n) is 1.67. The molecule has 0 amide bonds. The van der Waals surface area contributed by atoms with Gasteiger partial charge in [-0.15, -0.1) is 0 Å². The van der Waals surface area contributed by atoms with E-state index >= 15 is 0 Å². The molecule has 1 nitrogen and oxygen atoms in total. The highest BCUT2D eigenvalue weighted by atomic mass is 35.5. The molecule has 0 N–H and O–H groups in total. The Kier molecular flexibility index (Phi) is 5.69. The van der Waals surface area contributed by atoms with Crippen LogP contribution in [-0.2, 0) is 11.3 Å². The molecule has 1 aromatic carbocycles. The molecule has 0 saturated heterocycles. The Labute approximate surface area is 94.3 Å². The van der Waals surface area contributed by atoms with Gasteiger partial charge in [0, 0.05) is 0 Å². The normalized spacial score (nSPS) is 9.86. The van der Waals surface area contributed by atoms with Crippen LogP contribution >= 0.6 is 23.2 Å². The van der Waals surface area contributed by atoms with Crippen LogP contribution in [0.5, 0.6) is 0 Å². The Morgan fingerprint density at radius 1 is 1.21 bits per heavy atom. The first kappa shape index (κ1) is 11.6. The van der Waals surface area contributed by atoms with Gasteiger partial charge < -0.3 is 4.74 Å². The number of benzene rings is 1. The van der Waals surface area contributed by atoms with E-state index in [4.69, 9.17) is 27.9 Å². The summed E-state index contributed by atoms with van der Waals surface area (Å²) in [4.78, 5) is 0. The fourth-order valence-electron chi connectivity index (χ4n) is 1.02. The van der Waals surface area contributed by atoms with Gasteiger partial charge in [0.2, 0.25) is 0 Å². The summed E-state index contributed by atoms with van der Waals surface area (Å²) < 4.78 is 5.71. The van der Waals surface area contributed by atoms with Gasteiger partial charge in [0.15, 0.2) is 0 Å². The molecular formula is C11H12Cl2O. The van der Waals surface area contributed by atoms with Crippen molar-refractivity contribution in [2.75, 3.05) is 6.61 Å². The highest BCUT2D eigenvalue weighted by Crippen LogP contribution is 2.07. The summed E-state index contributed by atoms with van der Waals surface area (Å²) in [5.74, 6) is 0. The summed E-state index contributed by atoms with van der Waals surface area (Å²) in [6.45, 7) is 1.27. The van der Waals surface area contributed by atoms with Crippen molar-refractivity contribution in [1.82, 2.24) is 0 Å². The van der Waals surface area contributed by atoms with Crippen molar-refractivity contribution in [3.8, 4) is 0 Å². The van der Waals surface area contributed by atoms with Crippen LogP contribution in [-0.4, -0.2) is 6.61 Å². The molecule has 0 saturated carbocycles. The molecule has 1 aromatic rings. The molecule has 3 heteroatoms. The van der Waals surface area contributed by atoms with Crippen LogP contribution in [0.2, 0.25) is 0 Å². The van der Waals surface area contributed by atoms with Crippen molar-refractivity contribution in [1.29, 1.82) is 0 Å². The van der Waals surface area contributed by atoms with Crippen molar-refractivity contribution < 1.29 is 4.74 Å². The molecule has 0 bridgehead atoms. The standard InChI is InChI=1S/C11H12Cl2O/c12-11(13)7-4-8-14-9-10-5-2-1-3-6-10/h1-3,5-7H,4,8-9H2. The van der Waals surface area contributed by atoms with E-state index in [1.165, 1.54) is 5.56 Å². The molecular weight excluding hydrogens is 219 g/mol. The summed E-state index contributed by atoms with van der Waals surface area (Å²) in [5.41, 5.74) is 1.17. The van der Waals surface area contributed by atoms with E-state index in [0.29, 0.717) is 17.7 Å². The Morgan fingerprint density at radius 3 is 2.57 bits per heavy atom. The van der Waals surface area contributed by atoms with Crippen LogP contribution in [0.15, 0.2) is 40.9 Å². The second-order valence-electron chi connectivity index (χ2n) is 2.82. The zero-order valence-electron chi connectivity index (χ0n) is 7.75. The molecule has 0 heterocycles. The minimum Gasteiger partial charge on any atom is -0.376 e. The first-order chi connectivity index (χ1) is 6.79. The lowest BCUT2D eigenvalue weighted by atomic mass is 10.2. The van der Waals surface area contributed by atoms with Gasteiger partial charge in [-0.05, 0) is 12.0 Å². The molecule has 0 aromatic heterocycles. The van der Waals surface area contributed by atoms with Crippen LogP contribution in [0.25, 0.3) is 0 Å². The number of hydrogen-bond donors (Lipinski definition) is 0. The van der Waals surface area contributed by atoms with Gasteiger partial charge in [0.1, 0.15) is 4.49 Å². The smallest absolute Gasteiger partial charge is 0.102 e. The predicted octanol–water partition coefficient (Wildman–Crippen LogP) is 3.91. The highest BCUT2D eigenvalue weighted by molar-refractivity contribution is 6.55. The summed E-state index contributed by atoms with van der Waals surface area (Å²) in [6, 6.07) is 10.0. The summed E-state index contributed by atoms with van der Waals surface area (Å²) >= 11 is 10.9. The molecule has 0 aliphatic rings. The Bertz CT molecular complexity index is 279. The average Bonchev–Trinajstić information content (AvgIpc) is 2.18. The fourth-order valence-corrected chi connectivity index (χ4v) is 1.23. The molecule has 1 rings (SSSR count). The first-order valence-corrected chi connectivity index (χ1v) is 5.17. The molecule has 0 atom stereocenters. The first-order valence-electron chi connectivity index (χ1n) is 4.42. The van der Waals surface area contributed by atoms with Crippen molar-refractivity contribution >= 4 is 23.2 Å². The molecule has 0 radical (unpaired) electrons. The number of rotatable bonds is 5. The predicted molar refractivity (Wildman–Crippen MR) is 60.5 cm³/mol. The second kappa shape index (κ2) is 6.88. The maximum atomic E-state index is 5.44. The lowest BCUT2D eigenvalue weighted by Gasteiger charge is -2.01. The quantitative estimate of drug-likeness (QED) is 0.698. The SMILES string of the molecule is ClC(Cl)=CCCOCc1ccccc1. The lowest BCUT2D eigenvalue weighted by molar-refractivity contribution is 0.125. The summed E-state index contributed by atoms with van der Waals surface area (Å²) in [5, 5.41) is 0. The van der Waals surface area contributed by atoms with Crippen molar-refractivity contribution in [3.05, 3.63) is 46.5 Å². The van der Waals surface area contributed by atoms with Crippen LogP contribution in [0, 0.1) is 0 Å². The van der Waals surface area contributed by atoms with E-state index in [2.05, 4.69) is 0 Å². The van der Waals surface area contributed by atoms with Crippen molar-refractivity contribution in [2.45, 2.75) is 13.0 Å². The molecule has 0 aliphatic carbocycles. The van der Waals surface area contributed by atoms with Gasteiger partial charge in [0.25, 0.3) is 0 Å². The molecule has 0 fully saturated rings. The van der Waals surface area contributed by atoms with Crippen LogP contribution in [0.4, 0.5) is 0 Å². The molecule has 0 unspecified atom stereocenters. The fraction of sp³-hybridized carbons (Fsp3) is 0.273. The highest BCUT2D eigenvalue weighted by Gasteiger charge is 1.90. The van der Waals surface area contributed by atoms with Gasteiger partial charge in [-0.2, -0.15) is 0 Å². The molecule has 76 valence electrons. The van der Waals surface area contributed by atoms with Gasteiger partial charge in [-0.25, -0.2) is 0 Å². The van der Waals surface area contributed by atoms with Crippen molar-refractivity contribution in [3.63, 3.8) is 0 Å².